The standard InChI is InChI=1S/C25H26FNO3/c1-25(28,18-30-23-5-3-2-4-6-23)21-9-12-24-20(15-21)17-27(13-14-29-24)16-19-7-10-22(26)11-8-19/h2-12,15,28H,13-14,16-18H2,1H3. The summed E-state index contributed by atoms with van der Waals surface area (Å²) >= 11 is 0. The molecule has 1 heterocycles. The van der Waals surface area contributed by atoms with Crippen molar-refractivity contribution in [3.63, 3.8) is 0 Å². The van der Waals surface area contributed by atoms with Gasteiger partial charge >= 0.3 is 0 Å². The highest BCUT2D eigenvalue weighted by Gasteiger charge is 2.26. The summed E-state index contributed by atoms with van der Waals surface area (Å²) in [4.78, 5) is 2.26. The van der Waals surface area contributed by atoms with Crippen LogP contribution in [-0.2, 0) is 18.7 Å². The second-order valence-electron chi connectivity index (χ2n) is 7.88. The molecular weight excluding hydrogens is 381 g/mol. The fourth-order valence-electron chi connectivity index (χ4n) is 3.59. The summed E-state index contributed by atoms with van der Waals surface area (Å²) in [5, 5.41) is 11.0. The van der Waals surface area contributed by atoms with Crippen LogP contribution in [0.15, 0.2) is 72.8 Å². The Morgan fingerprint density at radius 2 is 1.83 bits per heavy atom. The Labute approximate surface area is 176 Å². The smallest absolute Gasteiger partial charge is 0.123 e. The van der Waals surface area contributed by atoms with Crippen LogP contribution in [-0.4, -0.2) is 29.8 Å². The third-order valence-corrected chi connectivity index (χ3v) is 5.32. The van der Waals surface area contributed by atoms with Crippen molar-refractivity contribution in [2.24, 2.45) is 0 Å². The van der Waals surface area contributed by atoms with Crippen molar-refractivity contribution < 1.29 is 19.0 Å². The van der Waals surface area contributed by atoms with Gasteiger partial charge in [0.25, 0.3) is 0 Å². The van der Waals surface area contributed by atoms with Crippen molar-refractivity contribution in [2.75, 3.05) is 19.8 Å². The molecule has 1 unspecified atom stereocenters. The first-order valence-corrected chi connectivity index (χ1v) is 10.1. The second kappa shape index (κ2) is 8.86. The number of nitrogens with zero attached hydrogens (tertiary/aromatic N) is 1. The summed E-state index contributed by atoms with van der Waals surface area (Å²) in [6.45, 7) is 4.66. The minimum atomic E-state index is -1.14. The highest BCUT2D eigenvalue weighted by Crippen LogP contribution is 2.30. The topological polar surface area (TPSA) is 41.9 Å². The first-order valence-electron chi connectivity index (χ1n) is 10.1. The predicted octanol–water partition coefficient (Wildman–Crippen LogP) is 4.51. The number of halogens is 1. The summed E-state index contributed by atoms with van der Waals surface area (Å²) in [5.41, 5.74) is 1.72. The molecule has 3 aromatic carbocycles. The molecule has 0 aliphatic carbocycles. The zero-order chi connectivity index (χ0) is 21.0. The molecule has 0 spiro atoms. The molecule has 0 bridgehead atoms. The van der Waals surface area contributed by atoms with E-state index >= 15 is 0 Å². The van der Waals surface area contributed by atoms with Crippen LogP contribution in [0.5, 0.6) is 11.5 Å². The van der Waals surface area contributed by atoms with Gasteiger partial charge in [-0.05, 0) is 54.4 Å². The third-order valence-electron chi connectivity index (χ3n) is 5.32. The molecule has 1 aliphatic rings. The Morgan fingerprint density at radius 3 is 2.60 bits per heavy atom. The van der Waals surface area contributed by atoms with Crippen LogP contribution in [0.3, 0.4) is 0 Å². The average Bonchev–Trinajstić information content (AvgIpc) is 2.96. The minimum absolute atomic E-state index is 0.149. The maximum absolute atomic E-state index is 13.2. The van der Waals surface area contributed by atoms with E-state index in [1.54, 1.807) is 6.92 Å². The molecule has 156 valence electrons. The van der Waals surface area contributed by atoms with E-state index in [0.29, 0.717) is 19.7 Å². The largest absolute Gasteiger partial charge is 0.492 e. The number of hydrogen-bond acceptors (Lipinski definition) is 4. The molecule has 30 heavy (non-hydrogen) atoms. The van der Waals surface area contributed by atoms with Gasteiger partial charge in [-0.25, -0.2) is 4.39 Å². The zero-order valence-corrected chi connectivity index (χ0v) is 17.1. The van der Waals surface area contributed by atoms with E-state index < -0.39 is 5.60 Å². The van der Waals surface area contributed by atoms with Gasteiger partial charge in [0.2, 0.25) is 0 Å². The summed E-state index contributed by atoms with van der Waals surface area (Å²) in [6, 6.07) is 21.9. The van der Waals surface area contributed by atoms with Crippen LogP contribution >= 0.6 is 0 Å². The van der Waals surface area contributed by atoms with Crippen LogP contribution in [0.1, 0.15) is 23.6 Å². The molecule has 1 N–H and O–H groups in total. The molecule has 0 aromatic heterocycles. The molecule has 1 atom stereocenters. The fourth-order valence-corrected chi connectivity index (χ4v) is 3.59. The Kier molecular flexibility index (Phi) is 6.02. The first-order chi connectivity index (χ1) is 14.5. The van der Waals surface area contributed by atoms with Crippen LogP contribution in [0.2, 0.25) is 0 Å². The summed E-state index contributed by atoms with van der Waals surface area (Å²) in [6.07, 6.45) is 0. The van der Waals surface area contributed by atoms with Gasteiger partial charge in [0.1, 0.15) is 36.1 Å². The Bertz CT molecular complexity index is 973. The van der Waals surface area contributed by atoms with E-state index in [0.717, 1.165) is 34.7 Å². The molecular formula is C25H26FNO3. The van der Waals surface area contributed by atoms with Crippen LogP contribution in [0.25, 0.3) is 0 Å². The third kappa shape index (κ3) is 4.99. The number of fused-ring (bicyclic) bond motifs is 1. The van der Waals surface area contributed by atoms with Gasteiger partial charge in [0.15, 0.2) is 0 Å². The Hall–Kier alpha value is -2.89. The van der Waals surface area contributed by atoms with Crippen molar-refractivity contribution in [3.05, 3.63) is 95.3 Å². The first kappa shape index (κ1) is 20.4. The van der Waals surface area contributed by atoms with Crippen LogP contribution in [0.4, 0.5) is 4.39 Å². The van der Waals surface area contributed by atoms with Gasteiger partial charge in [0, 0.05) is 25.2 Å². The maximum atomic E-state index is 13.2. The second-order valence-corrected chi connectivity index (χ2v) is 7.88. The lowest BCUT2D eigenvalue weighted by molar-refractivity contribution is 0.00748. The Morgan fingerprint density at radius 1 is 1.07 bits per heavy atom. The molecule has 5 heteroatoms. The molecule has 0 saturated carbocycles. The van der Waals surface area contributed by atoms with Gasteiger partial charge in [-0.15, -0.1) is 0 Å². The Balaban J connectivity index is 1.48. The number of ether oxygens (including phenoxy) is 2. The molecule has 3 aromatic rings. The van der Waals surface area contributed by atoms with Crippen LogP contribution < -0.4 is 9.47 Å². The van der Waals surface area contributed by atoms with Crippen molar-refractivity contribution in [2.45, 2.75) is 25.6 Å². The minimum Gasteiger partial charge on any atom is -0.492 e. The SMILES string of the molecule is CC(O)(COc1ccccc1)c1ccc2c(c1)CN(Cc1ccc(F)cc1)CCO2. The van der Waals surface area contributed by atoms with Gasteiger partial charge in [-0.2, -0.15) is 0 Å². The quantitative estimate of drug-likeness (QED) is 0.653. The van der Waals surface area contributed by atoms with Crippen LogP contribution in [0, 0.1) is 5.82 Å². The maximum Gasteiger partial charge on any atom is 0.123 e. The summed E-state index contributed by atoms with van der Waals surface area (Å²) in [7, 11) is 0. The number of benzene rings is 3. The normalized spacial score (nSPS) is 16.1. The van der Waals surface area contributed by atoms with Gasteiger partial charge < -0.3 is 14.6 Å². The van der Waals surface area contributed by atoms with Crippen molar-refractivity contribution in [1.82, 2.24) is 4.90 Å². The predicted molar refractivity (Wildman–Crippen MR) is 114 cm³/mol. The van der Waals surface area contributed by atoms with Crippen molar-refractivity contribution >= 4 is 0 Å². The van der Waals surface area contributed by atoms with E-state index in [2.05, 4.69) is 4.90 Å². The summed E-state index contributed by atoms with van der Waals surface area (Å²) < 4.78 is 24.9. The van der Waals surface area contributed by atoms with E-state index in [-0.39, 0.29) is 12.4 Å². The number of hydrogen-bond donors (Lipinski definition) is 1. The summed E-state index contributed by atoms with van der Waals surface area (Å²) in [5.74, 6) is 1.33. The lowest BCUT2D eigenvalue weighted by atomic mass is 9.94. The van der Waals surface area contributed by atoms with E-state index in [9.17, 15) is 9.50 Å². The number of aliphatic hydroxyl groups is 1. The molecule has 0 fully saturated rings. The molecule has 0 saturated heterocycles. The number of rotatable bonds is 6. The van der Waals surface area contributed by atoms with E-state index in [4.69, 9.17) is 9.47 Å². The molecule has 1 aliphatic heterocycles. The average molecular weight is 407 g/mol. The van der Waals surface area contributed by atoms with Crippen molar-refractivity contribution in [3.8, 4) is 11.5 Å². The number of para-hydroxylation sites is 1. The molecule has 4 rings (SSSR count). The van der Waals surface area contributed by atoms with E-state index in [1.807, 2.05) is 60.7 Å². The monoisotopic (exact) mass is 407 g/mol. The van der Waals surface area contributed by atoms with Gasteiger partial charge in [-0.3, -0.25) is 4.90 Å². The lowest BCUT2D eigenvalue weighted by Crippen LogP contribution is -2.30. The van der Waals surface area contributed by atoms with E-state index in [1.165, 1.54) is 12.1 Å². The fraction of sp³-hybridized carbons (Fsp3) is 0.280. The highest BCUT2D eigenvalue weighted by atomic mass is 19.1. The highest BCUT2D eigenvalue weighted by molar-refractivity contribution is 5.40. The van der Waals surface area contributed by atoms with Gasteiger partial charge in [-0.1, -0.05) is 36.4 Å². The molecule has 0 amide bonds. The van der Waals surface area contributed by atoms with Gasteiger partial charge in [0.05, 0.1) is 0 Å². The van der Waals surface area contributed by atoms with Crippen molar-refractivity contribution in [1.29, 1.82) is 0 Å². The lowest BCUT2D eigenvalue weighted by Gasteiger charge is -2.25. The molecule has 4 nitrogen and oxygen atoms in total. The zero-order valence-electron chi connectivity index (χ0n) is 17.1. The molecule has 0 radical (unpaired) electrons.